The molecule has 1 aromatic carbocycles. The van der Waals surface area contributed by atoms with Crippen molar-refractivity contribution in [2.45, 2.75) is 97.3 Å². The van der Waals surface area contributed by atoms with Crippen LogP contribution in [-0.4, -0.2) is 0 Å². The summed E-state index contributed by atoms with van der Waals surface area (Å²) in [4.78, 5) is 0. The van der Waals surface area contributed by atoms with Crippen molar-refractivity contribution in [3.8, 4) is 5.75 Å². The average molecular weight is 331 g/mol. The maximum Gasteiger partial charge on any atom is 0.129 e. The molecule has 0 heterocycles. The van der Waals surface area contributed by atoms with E-state index >= 15 is 0 Å². The summed E-state index contributed by atoms with van der Waals surface area (Å²) in [6.07, 6.45) is 22.0. The molecule has 0 aliphatic rings. The Bertz CT molecular complexity index is 422. The molecule has 0 saturated heterocycles. The van der Waals surface area contributed by atoms with Gasteiger partial charge >= 0.3 is 0 Å². The third-order valence-corrected chi connectivity index (χ3v) is 4.61. The van der Waals surface area contributed by atoms with E-state index in [0.29, 0.717) is 0 Å². The highest BCUT2D eigenvalue weighted by Crippen LogP contribution is 2.16. The first-order valence-electron chi connectivity index (χ1n) is 10.2. The molecule has 24 heavy (non-hydrogen) atoms. The van der Waals surface area contributed by atoms with E-state index < -0.39 is 0 Å². The van der Waals surface area contributed by atoms with Crippen LogP contribution in [0, 0.1) is 6.92 Å². The Labute approximate surface area is 150 Å². The molecule has 0 aliphatic carbocycles. The maximum absolute atomic E-state index is 5.66. The minimum atomic E-state index is 0.962. The zero-order valence-electron chi connectivity index (χ0n) is 16.1. The van der Waals surface area contributed by atoms with Crippen LogP contribution >= 0.6 is 0 Å². The van der Waals surface area contributed by atoms with Crippen LogP contribution in [0.25, 0.3) is 0 Å². The Morgan fingerprint density at radius 3 is 1.88 bits per heavy atom. The Morgan fingerprint density at radius 1 is 0.750 bits per heavy atom. The van der Waals surface area contributed by atoms with E-state index in [-0.39, 0.29) is 0 Å². The lowest BCUT2D eigenvalue weighted by Gasteiger charge is -2.03. The summed E-state index contributed by atoms with van der Waals surface area (Å²) in [5.41, 5.74) is 1.19. The summed E-state index contributed by atoms with van der Waals surface area (Å²) in [6.45, 7) is 4.36. The smallest absolute Gasteiger partial charge is 0.129 e. The summed E-state index contributed by atoms with van der Waals surface area (Å²) >= 11 is 0. The molecule has 1 aromatic rings. The highest BCUT2D eigenvalue weighted by atomic mass is 16.5. The van der Waals surface area contributed by atoms with Crippen LogP contribution in [0.3, 0.4) is 0 Å². The molecule has 136 valence electrons. The first-order chi connectivity index (χ1) is 11.8. The highest BCUT2D eigenvalue weighted by Gasteiger charge is 1.95. The number of hydrogen-bond acceptors (Lipinski definition) is 1. The standard InChI is InChI=1S/C23H38O/c1-3-4-5-6-7-8-9-10-11-12-13-14-15-18-21-24-23-20-17-16-19-22(23)2/h16-21H,3-15H2,1-2H3. The summed E-state index contributed by atoms with van der Waals surface area (Å²) in [7, 11) is 0. The number of hydrogen-bond donors (Lipinski definition) is 0. The van der Waals surface area contributed by atoms with Gasteiger partial charge in [0, 0.05) is 0 Å². The van der Waals surface area contributed by atoms with Crippen molar-refractivity contribution in [2.75, 3.05) is 0 Å². The van der Waals surface area contributed by atoms with Gasteiger partial charge in [-0.3, -0.25) is 0 Å². The number of para-hydroxylation sites is 1. The lowest BCUT2D eigenvalue weighted by Crippen LogP contribution is -1.85. The van der Waals surface area contributed by atoms with E-state index in [4.69, 9.17) is 4.74 Å². The van der Waals surface area contributed by atoms with Crippen LogP contribution in [0.15, 0.2) is 36.6 Å². The first kappa shape index (κ1) is 20.8. The summed E-state index contributed by atoms with van der Waals surface area (Å²) in [5, 5.41) is 0. The van der Waals surface area contributed by atoms with Crippen molar-refractivity contribution in [2.24, 2.45) is 0 Å². The predicted octanol–water partition coefficient (Wildman–Crippen LogP) is 7.98. The fourth-order valence-electron chi connectivity index (χ4n) is 2.98. The molecule has 0 N–H and O–H groups in total. The van der Waals surface area contributed by atoms with E-state index in [1.807, 2.05) is 24.5 Å². The zero-order chi connectivity index (χ0) is 17.3. The Balaban J connectivity index is 1.84. The molecule has 1 rings (SSSR count). The molecule has 0 atom stereocenters. The van der Waals surface area contributed by atoms with Gasteiger partial charge in [0.15, 0.2) is 0 Å². The molecule has 0 amide bonds. The molecule has 1 heteroatoms. The molecule has 0 fully saturated rings. The number of unbranched alkanes of at least 4 members (excludes halogenated alkanes) is 12. The van der Waals surface area contributed by atoms with Gasteiger partial charge in [-0.25, -0.2) is 0 Å². The summed E-state index contributed by atoms with van der Waals surface area (Å²) in [5.74, 6) is 0.962. The van der Waals surface area contributed by atoms with Crippen molar-refractivity contribution in [1.29, 1.82) is 0 Å². The zero-order valence-corrected chi connectivity index (χ0v) is 16.1. The van der Waals surface area contributed by atoms with Crippen molar-refractivity contribution in [3.63, 3.8) is 0 Å². The van der Waals surface area contributed by atoms with E-state index in [1.165, 1.54) is 82.6 Å². The molecule has 0 saturated carbocycles. The van der Waals surface area contributed by atoms with E-state index in [2.05, 4.69) is 26.0 Å². The number of rotatable bonds is 15. The molecular weight excluding hydrogens is 292 g/mol. The fraction of sp³-hybridized carbons (Fsp3) is 0.652. The molecule has 0 spiro atoms. The molecular formula is C23H38O. The van der Waals surface area contributed by atoms with Gasteiger partial charge in [-0.2, -0.15) is 0 Å². The quantitative estimate of drug-likeness (QED) is 0.234. The van der Waals surface area contributed by atoms with Crippen LogP contribution < -0.4 is 4.74 Å². The molecule has 0 aliphatic heterocycles. The predicted molar refractivity (Wildman–Crippen MR) is 107 cm³/mol. The lowest BCUT2D eigenvalue weighted by atomic mass is 10.0. The minimum Gasteiger partial charge on any atom is -0.465 e. The molecule has 0 radical (unpaired) electrons. The molecule has 0 bridgehead atoms. The molecule has 0 aromatic heterocycles. The van der Waals surface area contributed by atoms with Gasteiger partial charge in [-0.15, -0.1) is 0 Å². The minimum absolute atomic E-state index is 0.962. The average Bonchev–Trinajstić information content (AvgIpc) is 2.60. The number of ether oxygens (including phenoxy) is 1. The highest BCUT2D eigenvalue weighted by molar-refractivity contribution is 5.32. The number of allylic oxidation sites excluding steroid dienone is 1. The molecule has 1 nitrogen and oxygen atoms in total. The third-order valence-electron chi connectivity index (χ3n) is 4.61. The van der Waals surface area contributed by atoms with Crippen molar-refractivity contribution in [3.05, 3.63) is 42.2 Å². The van der Waals surface area contributed by atoms with Gasteiger partial charge in [0.1, 0.15) is 5.75 Å². The number of benzene rings is 1. The second-order valence-corrected chi connectivity index (χ2v) is 6.93. The Hall–Kier alpha value is -1.24. The largest absolute Gasteiger partial charge is 0.465 e. The molecule has 0 unspecified atom stereocenters. The third kappa shape index (κ3) is 11.3. The van der Waals surface area contributed by atoms with E-state index in [0.717, 1.165) is 12.2 Å². The van der Waals surface area contributed by atoms with Crippen LogP contribution in [0.4, 0.5) is 0 Å². The van der Waals surface area contributed by atoms with Gasteiger partial charge in [-0.1, -0.05) is 95.8 Å². The normalized spacial score (nSPS) is 11.2. The van der Waals surface area contributed by atoms with E-state index in [9.17, 15) is 0 Å². The Morgan fingerprint density at radius 2 is 1.29 bits per heavy atom. The lowest BCUT2D eigenvalue weighted by molar-refractivity contribution is 0.473. The van der Waals surface area contributed by atoms with Crippen LogP contribution in [0.1, 0.15) is 96.0 Å². The van der Waals surface area contributed by atoms with Gasteiger partial charge in [0.25, 0.3) is 0 Å². The first-order valence-corrected chi connectivity index (χ1v) is 10.2. The summed E-state index contributed by atoms with van der Waals surface area (Å²) < 4.78 is 5.66. The van der Waals surface area contributed by atoms with Crippen LogP contribution in [0.2, 0.25) is 0 Å². The van der Waals surface area contributed by atoms with Gasteiger partial charge in [-0.05, 0) is 37.5 Å². The van der Waals surface area contributed by atoms with Crippen LogP contribution in [-0.2, 0) is 0 Å². The fourth-order valence-corrected chi connectivity index (χ4v) is 2.98. The van der Waals surface area contributed by atoms with Crippen LogP contribution in [0.5, 0.6) is 5.75 Å². The van der Waals surface area contributed by atoms with Gasteiger partial charge < -0.3 is 4.74 Å². The summed E-state index contributed by atoms with van der Waals surface area (Å²) in [6, 6.07) is 8.15. The maximum atomic E-state index is 5.66. The van der Waals surface area contributed by atoms with Crippen molar-refractivity contribution >= 4 is 0 Å². The second kappa shape index (κ2) is 15.3. The number of aryl methyl sites for hydroxylation is 1. The van der Waals surface area contributed by atoms with Crippen molar-refractivity contribution < 1.29 is 4.74 Å². The van der Waals surface area contributed by atoms with Crippen molar-refractivity contribution in [1.82, 2.24) is 0 Å². The SMILES string of the molecule is CCCCCCCCCCCCCCC=COc1ccccc1C. The monoisotopic (exact) mass is 330 g/mol. The van der Waals surface area contributed by atoms with E-state index in [1.54, 1.807) is 0 Å². The second-order valence-electron chi connectivity index (χ2n) is 6.93. The topological polar surface area (TPSA) is 9.23 Å². The van der Waals surface area contributed by atoms with Gasteiger partial charge in [0.2, 0.25) is 0 Å². The van der Waals surface area contributed by atoms with Gasteiger partial charge in [0.05, 0.1) is 6.26 Å². The Kier molecular flexibility index (Phi) is 13.3.